The van der Waals surface area contributed by atoms with E-state index < -0.39 is 91.3 Å². The molecule has 0 unspecified atom stereocenters. The number of aromatic nitrogens is 6. The van der Waals surface area contributed by atoms with Crippen LogP contribution in [0.25, 0.3) is 0 Å². The molecule has 0 radical (unpaired) electrons. The maximum atomic E-state index is 13.0. The van der Waals surface area contributed by atoms with Gasteiger partial charge < -0.3 is 23.7 Å². The molecule has 0 aliphatic heterocycles. The van der Waals surface area contributed by atoms with Crippen LogP contribution in [-0.2, 0) is 77.3 Å². The zero-order valence-corrected chi connectivity index (χ0v) is 25.4. The first-order chi connectivity index (χ1) is 21.4. The average Bonchev–Trinajstić information content (AvgIpc) is 3.01. The van der Waals surface area contributed by atoms with E-state index in [1.165, 1.54) is 14.2 Å². The van der Waals surface area contributed by atoms with E-state index in [9.17, 15) is 43.2 Å². The van der Waals surface area contributed by atoms with Crippen molar-refractivity contribution in [3.63, 3.8) is 0 Å². The number of hydrogen-bond acceptors (Lipinski definition) is 14. The van der Waals surface area contributed by atoms with E-state index >= 15 is 0 Å². The van der Waals surface area contributed by atoms with Crippen molar-refractivity contribution >= 4 is 17.9 Å². The molecule has 0 atom stereocenters. The van der Waals surface area contributed by atoms with Crippen LogP contribution in [0.3, 0.4) is 0 Å². The van der Waals surface area contributed by atoms with Gasteiger partial charge in [-0.3, -0.25) is 14.4 Å². The highest BCUT2D eigenvalue weighted by atomic mass is 16.5. The van der Waals surface area contributed by atoms with E-state index in [-0.39, 0.29) is 39.1 Å². The van der Waals surface area contributed by atoms with Crippen LogP contribution < -0.4 is 34.1 Å². The average molecular weight is 645 g/mol. The van der Waals surface area contributed by atoms with E-state index in [2.05, 4.69) is 9.47 Å². The molecule has 0 spiro atoms. The van der Waals surface area contributed by atoms with Crippen molar-refractivity contribution < 1.29 is 38.1 Å². The molecule has 2 aromatic heterocycles. The Labute approximate surface area is 253 Å². The van der Waals surface area contributed by atoms with Gasteiger partial charge in [0, 0.05) is 33.9 Å². The fourth-order valence-electron chi connectivity index (χ4n) is 4.01. The van der Waals surface area contributed by atoms with Gasteiger partial charge in [0.05, 0.1) is 66.3 Å². The summed E-state index contributed by atoms with van der Waals surface area (Å²) in [5.74, 6) is -2.40. The number of hydrogen-bond donors (Lipinski definition) is 0. The summed E-state index contributed by atoms with van der Waals surface area (Å²) in [5.41, 5.74) is -6.05. The molecule has 0 aliphatic carbocycles. The summed E-state index contributed by atoms with van der Waals surface area (Å²) in [4.78, 5) is 113. The van der Waals surface area contributed by atoms with Gasteiger partial charge >= 0.3 is 52.0 Å². The van der Waals surface area contributed by atoms with E-state index in [4.69, 9.17) is 14.2 Å². The van der Waals surface area contributed by atoms with Gasteiger partial charge in [0.1, 0.15) is 6.61 Å². The summed E-state index contributed by atoms with van der Waals surface area (Å²) in [7, 11) is 4.95. The molecule has 0 aromatic carbocycles. The van der Waals surface area contributed by atoms with Crippen molar-refractivity contribution in [2.75, 3.05) is 48.3 Å². The minimum absolute atomic E-state index is 0.00634. The number of rotatable bonds is 18. The van der Waals surface area contributed by atoms with Gasteiger partial charge in [-0.1, -0.05) is 0 Å². The van der Waals surface area contributed by atoms with Crippen molar-refractivity contribution in [1.82, 2.24) is 27.4 Å². The fraction of sp³-hybridized carbons (Fsp3) is 0.640. The molecule has 0 bridgehead atoms. The lowest BCUT2D eigenvalue weighted by molar-refractivity contribution is -0.144. The van der Waals surface area contributed by atoms with Crippen LogP contribution >= 0.6 is 0 Å². The quantitative estimate of drug-likeness (QED) is 0.110. The largest absolute Gasteiger partial charge is 0.469 e. The Morgan fingerprint density at radius 1 is 0.422 bits per heavy atom. The third-order valence-corrected chi connectivity index (χ3v) is 6.46. The first-order valence-electron chi connectivity index (χ1n) is 13.6. The van der Waals surface area contributed by atoms with Crippen molar-refractivity contribution in [1.29, 1.82) is 0 Å². The second-order valence-electron chi connectivity index (χ2n) is 9.21. The Hall–Kier alpha value is -4.85. The van der Waals surface area contributed by atoms with E-state index in [0.717, 1.165) is 23.4 Å². The Morgan fingerprint density at radius 3 is 0.978 bits per heavy atom. The molecule has 0 aliphatic rings. The Morgan fingerprint density at radius 2 is 0.689 bits per heavy atom. The molecule has 2 aromatic rings. The third kappa shape index (κ3) is 9.32. The Balaban J connectivity index is 2.27. The minimum Gasteiger partial charge on any atom is -0.469 e. The zero-order valence-electron chi connectivity index (χ0n) is 25.4. The third-order valence-electron chi connectivity index (χ3n) is 6.46. The van der Waals surface area contributed by atoms with Crippen LogP contribution in [0.15, 0.2) is 28.8 Å². The Bertz CT molecular complexity index is 1620. The highest BCUT2D eigenvalue weighted by Crippen LogP contribution is 1.93. The molecule has 0 saturated heterocycles. The maximum Gasteiger partial charge on any atom is 0.336 e. The number of carbonyl (C=O) groups excluding carboxylic acids is 3. The van der Waals surface area contributed by atoms with Crippen LogP contribution in [0.2, 0.25) is 0 Å². The second kappa shape index (κ2) is 17.4. The topological polar surface area (TPSA) is 229 Å². The summed E-state index contributed by atoms with van der Waals surface area (Å²) in [6, 6.07) is 0. The summed E-state index contributed by atoms with van der Waals surface area (Å²) in [6.45, 7) is -2.64. The molecule has 45 heavy (non-hydrogen) atoms. The summed E-state index contributed by atoms with van der Waals surface area (Å²) < 4.78 is 28.1. The molecule has 2 rings (SSSR count). The lowest BCUT2D eigenvalue weighted by Gasteiger charge is -2.14. The van der Waals surface area contributed by atoms with Gasteiger partial charge in [-0.05, 0) is 0 Å². The van der Waals surface area contributed by atoms with Crippen molar-refractivity contribution in [2.24, 2.45) is 0 Å². The maximum absolute atomic E-state index is 13.0. The van der Waals surface area contributed by atoms with Crippen LogP contribution in [0.1, 0.15) is 19.3 Å². The standard InChI is InChI=1S/C25H36N6O14/c1-41-14-11-29-23(38)30(12-15-42-2)25(40)31(24(29)39)13-16-45-19(34)7-10-28-21(36)26(8-5-17(32)43-3)20(35)27(22(28)37)9-6-18(33)44-4/h5-16H2,1-4H3. The molecule has 20 heteroatoms. The first kappa shape index (κ1) is 36.3. The van der Waals surface area contributed by atoms with Gasteiger partial charge in [0.2, 0.25) is 0 Å². The predicted octanol–water partition coefficient (Wildman–Crippen LogP) is -4.29. The highest BCUT2D eigenvalue weighted by Gasteiger charge is 2.19. The number of ether oxygens (including phenoxy) is 5. The monoisotopic (exact) mass is 644 g/mol. The summed E-state index contributed by atoms with van der Waals surface area (Å²) in [5, 5.41) is 0. The van der Waals surface area contributed by atoms with Crippen LogP contribution in [0, 0.1) is 0 Å². The van der Waals surface area contributed by atoms with Gasteiger partial charge in [-0.2, -0.15) is 0 Å². The van der Waals surface area contributed by atoms with E-state index in [1.54, 1.807) is 0 Å². The molecule has 0 saturated carbocycles. The Kier molecular flexibility index (Phi) is 14.1. The molecule has 0 fully saturated rings. The van der Waals surface area contributed by atoms with Gasteiger partial charge in [-0.25, -0.2) is 56.2 Å². The molecule has 250 valence electrons. The van der Waals surface area contributed by atoms with Gasteiger partial charge in [-0.15, -0.1) is 0 Å². The lowest BCUT2D eigenvalue weighted by atomic mass is 10.4. The number of nitrogens with zero attached hydrogens (tertiary/aromatic N) is 6. The van der Waals surface area contributed by atoms with E-state index in [0.29, 0.717) is 18.3 Å². The van der Waals surface area contributed by atoms with Crippen molar-refractivity contribution in [3.8, 4) is 0 Å². The lowest BCUT2D eigenvalue weighted by Crippen LogP contribution is -2.55. The smallest absolute Gasteiger partial charge is 0.336 e. The van der Waals surface area contributed by atoms with Crippen LogP contribution in [0.5, 0.6) is 0 Å². The van der Waals surface area contributed by atoms with Crippen LogP contribution in [-0.4, -0.2) is 93.6 Å². The second-order valence-corrected chi connectivity index (χ2v) is 9.21. The van der Waals surface area contributed by atoms with Crippen molar-refractivity contribution in [2.45, 2.75) is 58.5 Å². The van der Waals surface area contributed by atoms with E-state index in [1.807, 2.05) is 0 Å². The molecular formula is C25H36N6O14. The molecular weight excluding hydrogens is 608 g/mol. The summed E-state index contributed by atoms with van der Waals surface area (Å²) >= 11 is 0. The molecule has 2 heterocycles. The SMILES string of the molecule is COCCn1c(=O)n(CCOC)c(=O)n(CCOC(=O)CCn2c(=O)n(CCC(=O)OC)c(=O)n(CCC(=O)OC)c2=O)c1=O. The van der Waals surface area contributed by atoms with Crippen LogP contribution in [0.4, 0.5) is 0 Å². The molecule has 0 N–H and O–H groups in total. The number of methoxy groups -OCH3 is 4. The summed E-state index contributed by atoms with van der Waals surface area (Å²) in [6.07, 6.45) is -1.32. The van der Waals surface area contributed by atoms with Gasteiger partial charge in [0.15, 0.2) is 0 Å². The molecule has 0 amide bonds. The normalized spacial score (nSPS) is 10.9. The molecule has 20 nitrogen and oxygen atoms in total. The number of carbonyl (C=O) groups is 3. The minimum atomic E-state index is -1.11. The fourth-order valence-corrected chi connectivity index (χ4v) is 4.01. The number of esters is 3. The van der Waals surface area contributed by atoms with Gasteiger partial charge in [0.25, 0.3) is 0 Å². The van der Waals surface area contributed by atoms with Crippen molar-refractivity contribution in [3.05, 3.63) is 62.9 Å². The highest BCUT2D eigenvalue weighted by molar-refractivity contribution is 5.69. The zero-order chi connectivity index (χ0) is 33.7. The predicted molar refractivity (Wildman–Crippen MR) is 151 cm³/mol. The first-order valence-corrected chi connectivity index (χ1v) is 13.6.